The van der Waals surface area contributed by atoms with Crippen molar-refractivity contribution in [1.29, 1.82) is 5.41 Å². The van der Waals surface area contributed by atoms with E-state index in [0.29, 0.717) is 36.3 Å². The smallest absolute Gasteiger partial charge is 0.252 e. The number of carbonyl (C=O) groups is 2. The Morgan fingerprint density at radius 1 is 1.50 bits per heavy atom. The zero-order chi connectivity index (χ0) is 16.3. The normalized spacial score (nSPS) is 16.7. The number of nitrogens with one attached hydrogen (secondary N) is 2. The van der Waals surface area contributed by atoms with E-state index in [1.54, 1.807) is 6.92 Å². The SMILES string of the molecule is Cc1cc(C(=N)/C(C(N)=O)=C2/CN(C=O)CCN2)ccc1F. The summed E-state index contributed by atoms with van der Waals surface area (Å²) in [7, 11) is 0. The molecule has 0 aromatic heterocycles. The number of piperazine rings is 1. The van der Waals surface area contributed by atoms with Crippen LogP contribution in [-0.2, 0) is 9.59 Å². The van der Waals surface area contributed by atoms with Crippen LogP contribution in [0, 0.1) is 18.2 Å². The summed E-state index contributed by atoms with van der Waals surface area (Å²) >= 11 is 0. The van der Waals surface area contributed by atoms with Crippen molar-refractivity contribution < 1.29 is 14.0 Å². The molecule has 2 amide bonds. The van der Waals surface area contributed by atoms with E-state index < -0.39 is 5.91 Å². The molecule has 1 saturated heterocycles. The third kappa shape index (κ3) is 3.13. The molecule has 22 heavy (non-hydrogen) atoms. The predicted octanol–water partition coefficient (Wildman–Crippen LogP) is 0.303. The monoisotopic (exact) mass is 304 g/mol. The van der Waals surface area contributed by atoms with Crippen molar-refractivity contribution in [3.05, 3.63) is 46.4 Å². The van der Waals surface area contributed by atoms with Crippen LogP contribution in [0.1, 0.15) is 11.1 Å². The topological polar surface area (TPSA) is 99.3 Å². The first-order valence-electron chi connectivity index (χ1n) is 6.75. The first-order chi connectivity index (χ1) is 10.4. The quantitative estimate of drug-likeness (QED) is 0.424. The molecule has 116 valence electrons. The lowest BCUT2D eigenvalue weighted by molar-refractivity contribution is -0.118. The van der Waals surface area contributed by atoms with Gasteiger partial charge in [0.05, 0.1) is 17.8 Å². The number of carbonyl (C=O) groups excluding carboxylic acids is 2. The van der Waals surface area contributed by atoms with Gasteiger partial charge in [-0.15, -0.1) is 0 Å². The van der Waals surface area contributed by atoms with Crippen molar-refractivity contribution in [2.75, 3.05) is 19.6 Å². The van der Waals surface area contributed by atoms with Gasteiger partial charge in [-0.25, -0.2) is 4.39 Å². The van der Waals surface area contributed by atoms with Gasteiger partial charge in [-0.1, -0.05) is 0 Å². The summed E-state index contributed by atoms with van der Waals surface area (Å²) in [6.45, 7) is 2.75. The molecule has 0 bridgehead atoms. The van der Waals surface area contributed by atoms with Gasteiger partial charge in [0.1, 0.15) is 5.82 Å². The zero-order valence-corrected chi connectivity index (χ0v) is 12.1. The molecule has 1 aliphatic rings. The predicted molar refractivity (Wildman–Crippen MR) is 79.8 cm³/mol. The van der Waals surface area contributed by atoms with E-state index in [-0.39, 0.29) is 23.6 Å². The second kappa shape index (κ2) is 6.38. The number of hydrogen-bond donors (Lipinski definition) is 3. The Balaban J connectivity index is 2.42. The molecule has 0 saturated carbocycles. The molecular weight excluding hydrogens is 287 g/mol. The average Bonchev–Trinajstić information content (AvgIpc) is 2.50. The maximum atomic E-state index is 13.3. The summed E-state index contributed by atoms with van der Waals surface area (Å²) in [4.78, 5) is 24.1. The highest BCUT2D eigenvalue weighted by Crippen LogP contribution is 2.16. The van der Waals surface area contributed by atoms with Gasteiger partial charge in [0.15, 0.2) is 0 Å². The van der Waals surface area contributed by atoms with E-state index in [1.807, 2.05) is 0 Å². The minimum Gasteiger partial charge on any atom is -0.384 e. The van der Waals surface area contributed by atoms with Crippen molar-refractivity contribution in [3.63, 3.8) is 0 Å². The summed E-state index contributed by atoms with van der Waals surface area (Å²) in [5.41, 5.74) is 6.52. The molecule has 2 rings (SSSR count). The van der Waals surface area contributed by atoms with Crippen LogP contribution in [0.15, 0.2) is 29.5 Å². The highest BCUT2D eigenvalue weighted by Gasteiger charge is 2.23. The summed E-state index contributed by atoms with van der Waals surface area (Å²) in [5.74, 6) is -1.14. The van der Waals surface area contributed by atoms with Crippen molar-refractivity contribution in [3.8, 4) is 0 Å². The number of nitrogens with two attached hydrogens (primary N) is 1. The van der Waals surface area contributed by atoms with E-state index in [4.69, 9.17) is 11.1 Å². The molecule has 1 fully saturated rings. The van der Waals surface area contributed by atoms with E-state index in [0.717, 1.165) is 0 Å². The van der Waals surface area contributed by atoms with Crippen LogP contribution in [0.25, 0.3) is 0 Å². The van der Waals surface area contributed by atoms with Crippen molar-refractivity contribution >= 4 is 18.0 Å². The van der Waals surface area contributed by atoms with Crippen LogP contribution in [0.3, 0.4) is 0 Å². The fourth-order valence-corrected chi connectivity index (χ4v) is 2.31. The Hall–Kier alpha value is -2.70. The molecular formula is C15H17FN4O2. The third-order valence-electron chi connectivity index (χ3n) is 3.49. The van der Waals surface area contributed by atoms with Crippen LogP contribution in [-0.4, -0.2) is 42.6 Å². The summed E-state index contributed by atoms with van der Waals surface area (Å²) < 4.78 is 13.3. The van der Waals surface area contributed by atoms with Gasteiger partial charge >= 0.3 is 0 Å². The van der Waals surface area contributed by atoms with Crippen LogP contribution < -0.4 is 11.1 Å². The highest BCUT2D eigenvalue weighted by atomic mass is 19.1. The Kier molecular flexibility index (Phi) is 4.55. The molecule has 1 aliphatic heterocycles. The number of hydrogen-bond acceptors (Lipinski definition) is 4. The van der Waals surface area contributed by atoms with Gasteiger partial charge in [0, 0.05) is 24.4 Å². The first kappa shape index (κ1) is 15.7. The van der Waals surface area contributed by atoms with Crippen LogP contribution in [0.5, 0.6) is 0 Å². The molecule has 0 unspecified atom stereocenters. The molecule has 6 nitrogen and oxygen atoms in total. The molecule has 0 radical (unpaired) electrons. The van der Waals surface area contributed by atoms with Crippen LogP contribution >= 0.6 is 0 Å². The maximum absolute atomic E-state index is 13.3. The molecule has 7 heteroatoms. The minimum absolute atomic E-state index is 0.0116. The summed E-state index contributed by atoms with van der Waals surface area (Å²) in [6, 6.07) is 4.16. The van der Waals surface area contributed by atoms with Gasteiger partial charge in [-0.2, -0.15) is 0 Å². The highest BCUT2D eigenvalue weighted by molar-refractivity contribution is 6.27. The maximum Gasteiger partial charge on any atom is 0.252 e. The zero-order valence-electron chi connectivity index (χ0n) is 12.1. The Labute approximate surface area is 127 Å². The van der Waals surface area contributed by atoms with Gasteiger partial charge in [-0.3, -0.25) is 15.0 Å². The van der Waals surface area contributed by atoms with Crippen LogP contribution in [0.4, 0.5) is 4.39 Å². The minimum atomic E-state index is -0.762. The molecule has 1 aromatic carbocycles. The summed E-state index contributed by atoms with van der Waals surface area (Å²) in [6.07, 6.45) is 0.686. The van der Waals surface area contributed by atoms with E-state index in [1.165, 1.54) is 23.1 Å². The number of aryl methyl sites for hydroxylation is 1. The fraction of sp³-hybridized carbons (Fsp3) is 0.267. The third-order valence-corrected chi connectivity index (χ3v) is 3.49. The average molecular weight is 304 g/mol. The lowest BCUT2D eigenvalue weighted by atomic mass is 9.97. The Morgan fingerprint density at radius 3 is 2.82 bits per heavy atom. The Morgan fingerprint density at radius 2 is 2.23 bits per heavy atom. The molecule has 0 atom stereocenters. The van der Waals surface area contributed by atoms with Crippen LogP contribution in [0.2, 0.25) is 0 Å². The molecule has 4 N–H and O–H groups in total. The largest absolute Gasteiger partial charge is 0.384 e. The number of benzene rings is 1. The van der Waals surface area contributed by atoms with Gasteiger partial charge in [0.2, 0.25) is 6.41 Å². The first-order valence-corrected chi connectivity index (χ1v) is 6.75. The second-order valence-corrected chi connectivity index (χ2v) is 5.06. The van der Waals surface area contributed by atoms with E-state index >= 15 is 0 Å². The number of halogens is 1. The van der Waals surface area contributed by atoms with E-state index in [9.17, 15) is 14.0 Å². The van der Waals surface area contributed by atoms with Gasteiger partial charge < -0.3 is 16.0 Å². The molecule has 1 aromatic rings. The van der Waals surface area contributed by atoms with E-state index in [2.05, 4.69) is 5.32 Å². The lowest BCUT2D eigenvalue weighted by Crippen LogP contribution is -2.43. The van der Waals surface area contributed by atoms with Gasteiger partial charge in [0.25, 0.3) is 5.91 Å². The second-order valence-electron chi connectivity index (χ2n) is 5.06. The number of rotatable bonds is 4. The number of amides is 2. The Bertz CT molecular complexity index is 670. The molecule has 0 spiro atoms. The summed E-state index contributed by atoms with van der Waals surface area (Å²) in [5, 5.41) is 11.2. The van der Waals surface area contributed by atoms with Gasteiger partial charge in [-0.05, 0) is 30.7 Å². The van der Waals surface area contributed by atoms with Crippen molar-refractivity contribution in [1.82, 2.24) is 10.2 Å². The van der Waals surface area contributed by atoms with Crippen molar-refractivity contribution in [2.45, 2.75) is 6.92 Å². The van der Waals surface area contributed by atoms with Crippen molar-refractivity contribution in [2.24, 2.45) is 5.73 Å². The fourth-order valence-electron chi connectivity index (χ4n) is 2.31. The standard InChI is InChI=1S/C15H17FN4O2/c1-9-6-10(2-3-11(9)16)14(17)13(15(18)22)12-7-20(8-21)5-4-19-12/h2-3,6,8,17,19H,4-5,7H2,1H3,(H2,18,22)/b13-12+,17-14?. The molecule has 0 aliphatic carbocycles. The lowest BCUT2D eigenvalue weighted by Gasteiger charge is -2.28. The number of primary amides is 1. The molecule has 1 heterocycles. The number of nitrogens with zero attached hydrogens (tertiary/aromatic N) is 1.